The highest BCUT2D eigenvalue weighted by Crippen LogP contribution is 2.55. The van der Waals surface area contributed by atoms with E-state index in [2.05, 4.69) is 5.32 Å². The van der Waals surface area contributed by atoms with Gasteiger partial charge in [-0.3, -0.25) is 19.2 Å². The molecule has 0 heterocycles. The highest BCUT2D eigenvalue weighted by Gasteiger charge is 2.64. The summed E-state index contributed by atoms with van der Waals surface area (Å²) in [6, 6.07) is 2.92. The number of methoxy groups -OCH3 is 1. The molecule has 1 aromatic rings. The first-order valence-electron chi connectivity index (χ1n) is 10.1. The highest BCUT2D eigenvalue weighted by atomic mass is 16.5. The van der Waals surface area contributed by atoms with E-state index >= 15 is 0 Å². The number of aliphatic hydroxyl groups excluding tert-OH is 2. The van der Waals surface area contributed by atoms with E-state index in [1.165, 1.54) is 25.2 Å². The molecule has 0 bridgehead atoms. The predicted molar refractivity (Wildman–Crippen MR) is 110 cm³/mol. The number of benzene rings is 1. The van der Waals surface area contributed by atoms with Gasteiger partial charge in [0, 0.05) is 17.4 Å². The van der Waals surface area contributed by atoms with E-state index in [0.717, 1.165) is 7.11 Å². The van der Waals surface area contributed by atoms with Gasteiger partial charge in [-0.05, 0) is 25.1 Å². The number of fused-ring (bicyclic) bond motifs is 3. The van der Waals surface area contributed by atoms with E-state index in [4.69, 9.17) is 10.5 Å². The average Bonchev–Trinajstić information content (AvgIpc) is 2.76. The number of carbonyl (C=O) groups excluding carboxylic acids is 4. The zero-order chi connectivity index (χ0) is 24.4. The number of carbonyl (C=O) groups is 4. The zero-order valence-corrected chi connectivity index (χ0v) is 17.7. The molecule has 11 heteroatoms. The van der Waals surface area contributed by atoms with Crippen molar-refractivity contribution in [1.82, 2.24) is 5.32 Å². The third kappa shape index (κ3) is 2.75. The van der Waals surface area contributed by atoms with E-state index in [1.54, 1.807) is 0 Å². The summed E-state index contributed by atoms with van der Waals surface area (Å²) in [6.45, 7) is 0. The largest absolute Gasteiger partial charge is 0.510 e. The first-order valence-corrected chi connectivity index (χ1v) is 10.1. The molecule has 3 aliphatic carbocycles. The Labute approximate surface area is 187 Å². The van der Waals surface area contributed by atoms with Crippen LogP contribution in [0.2, 0.25) is 0 Å². The van der Waals surface area contributed by atoms with Crippen LogP contribution in [-0.4, -0.2) is 69.7 Å². The number of Topliss-reactive ketones (excluding diaryl/α,β-unsaturated/α-hetero) is 2. The van der Waals surface area contributed by atoms with Crippen LogP contribution >= 0.6 is 0 Å². The summed E-state index contributed by atoms with van der Waals surface area (Å²) >= 11 is 0. The Morgan fingerprint density at radius 3 is 2.45 bits per heavy atom. The molecular formula is C22H22N2O9. The van der Waals surface area contributed by atoms with Gasteiger partial charge >= 0.3 is 5.97 Å². The van der Waals surface area contributed by atoms with Gasteiger partial charge in [0.1, 0.15) is 22.8 Å². The lowest BCUT2D eigenvalue weighted by Gasteiger charge is -2.49. The van der Waals surface area contributed by atoms with Gasteiger partial charge in [0.15, 0.2) is 11.4 Å². The Balaban J connectivity index is 2.04. The lowest BCUT2D eigenvalue weighted by atomic mass is 9.56. The quantitative estimate of drug-likeness (QED) is 0.253. The van der Waals surface area contributed by atoms with Crippen molar-refractivity contribution in [3.63, 3.8) is 0 Å². The molecule has 0 unspecified atom stereocenters. The van der Waals surface area contributed by atoms with Gasteiger partial charge in [-0.15, -0.1) is 0 Å². The number of aliphatic hydroxyl groups is 3. The number of allylic oxidation sites excluding steroid dienone is 1. The summed E-state index contributed by atoms with van der Waals surface area (Å²) < 4.78 is 4.91. The van der Waals surface area contributed by atoms with Crippen molar-refractivity contribution in [3.05, 3.63) is 52.0 Å². The Morgan fingerprint density at radius 1 is 1.21 bits per heavy atom. The third-order valence-electron chi connectivity index (χ3n) is 6.85. The summed E-state index contributed by atoms with van der Waals surface area (Å²) in [5.74, 6) is -10.1. The first-order chi connectivity index (χ1) is 15.5. The van der Waals surface area contributed by atoms with E-state index < -0.39 is 81.3 Å². The van der Waals surface area contributed by atoms with Crippen LogP contribution in [0.1, 0.15) is 28.3 Å². The monoisotopic (exact) mass is 458 g/mol. The van der Waals surface area contributed by atoms with Gasteiger partial charge in [0.25, 0.3) is 5.91 Å². The number of primary amides is 1. The number of ketones is 2. The Kier molecular flexibility index (Phi) is 5.06. The van der Waals surface area contributed by atoms with Crippen LogP contribution < -0.4 is 11.1 Å². The third-order valence-corrected chi connectivity index (χ3v) is 6.85. The number of phenolic OH excluding ortho intramolecular Hbond substituents is 1. The van der Waals surface area contributed by atoms with E-state index in [1.807, 2.05) is 0 Å². The Morgan fingerprint density at radius 2 is 1.88 bits per heavy atom. The fourth-order valence-electron chi connectivity index (χ4n) is 5.41. The smallest absolute Gasteiger partial charge is 0.313 e. The van der Waals surface area contributed by atoms with Crippen molar-refractivity contribution in [2.24, 2.45) is 17.6 Å². The molecule has 0 aliphatic heterocycles. The maximum atomic E-state index is 13.4. The minimum Gasteiger partial charge on any atom is -0.510 e. The van der Waals surface area contributed by atoms with Crippen molar-refractivity contribution in [2.75, 3.05) is 14.2 Å². The van der Waals surface area contributed by atoms with Gasteiger partial charge < -0.3 is 36.2 Å². The fourth-order valence-corrected chi connectivity index (χ4v) is 5.41. The van der Waals surface area contributed by atoms with Crippen molar-refractivity contribution < 1.29 is 44.3 Å². The van der Waals surface area contributed by atoms with Gasteiger partial charge in [-0.1, -0.05) is 12.1 Å². The molecule has 0 saturated heterocycles. The Bertz CT molecular complexity index is 1180. The molecule has 7 N–H and O–H groups in total. The van der Waals surface area contributed by atoms with Crippen LogP contribution in [0.3, 0.4) is 0 Å². The summed E-state index contributed by atoms with van der Waals surface area (Å²) in [4.78, 5) is 51.2. The predicted octanol–water partition coefficient (Wildman–Crippen LogP) is -0.507. The second kappa shape index (κ2) is 7.42. The number of amides is 1. The molecule has 0 aromatic heterocycles. The van der Waals surface area contributed by atoms with Crippen molar-refractivity contribution >= 4 is 23.4 Å². The maximum Gasteiger partial charge on any atom is 0.313 e. The number of esters is 1. The topological polar surface area (TPSA) is 196 Å². The van der Waals surface area contributed by atoms with Crippen LogP contribution in [0.25, 0.3) is 0 Å². The molecule has 1 amide bonds. The van der Waals surface area contributed by atoms with Gasteiger partial charge in [0.05, 0.1) is 24.6 Å². The summed E-state index contributed by atoms with van der Waals surface area (Å²) in [5, 5.41) is 46.2. The van der Waals surface area contributed by atoms with Gasteiger partial charge in [-0.2, -0.15) is 0 Å². The van der Waals surface area contributed by atoms with Crippen LogP contribution in [0, 0.1) is 11.8 Å². The standard InChI is InChI=1S/C22H22N2O9/c1-24-15-9-6-8-11(21(31)33-2)7-4-3-5-10(25)12(7)16(26)13(8)18(28)22(9,32)19(29)14(17(15)27)20(23)30/h3-5,8-9,11,15,24-25,27-28,32H,6H2,1-2H3,(H2,23,30)/t8-,9+,11-,15+,22+/m1/s1. The lowest BCUT2D eigenvalue weighted by molar-refractivity contribution is -0.148. The Hall–Kier alpha value is -3.70. The minimum absolute atomic E-state index is 0.166. The second-order valence-corrected chi connectivity index (χ2v) is 8.27. The van der Waals surface area contributed by atoms with E-state index in [-0.39, 0.29) is 17.5 Å². The molecule has 11 nitrogen and oxygen atoms in total. The highest BCUT2D eigenvalue weighted by molar-refractivity contribution is 6.25. The van der Waals surface area contributed by atoms with Crippen LogP contribution in [0.15, 0.2) is 40.9 Å². The first kappa shape index (κ1) is 22.5. The summed E-state index contributed by atoms with van der Waals surface area (Å²) in [5.41, 5.74) is 0.992. The van der Waals surface area contributed by atoms with E-state index in [9.17, 15) is 39.6 Å². The van der Waals surface area contributed by atoms with Crippen molar-refractivity contribution in [2.45, 2.75) is 24.0 Å². The maximum absolute atomic E-state index is 13.4. The molecule has 4 rings (SSSR count). The summed E-state index contributed by atoms with van der Waals surface area (Å²) in [6.07, 6.45) is -0.232. The van der Waals surface area contributed by atoms with Crippen LogP contribution in [-0.2, 0) is 19.1 Å². The average molecular weight is 458 g/mol. The minimum atomic E-state index is -2.78. The number of likely N-dealkylation sites (N-methyl/N-ethyl adjacent to an activating group) is 1. The van der Waals surface area contributed by atoms with Crippen molar-refractivity contribution in [1.29, 1.82) is 0 Å². The van der Waals surface area contributed by atoms with E-state index in [0.29, 0.717) is 0 Å². The molecule has 0 fully saturated rings. The molecule has 0 radical (unpaired) electrons. The lowest BCUT2D eigenvalue weighted by Crippen LogP contribution is -2.64. The van der Waals surface area contributed by atoms with Crippen LogP contribution in [0.5, 0.6) is 5.75 Å². The number of rotatable bonds is 3. The number of aromatic hydroxyl groups is 1. The second-order valence-electron chi connectivity index (χ2n) is 8.27. The molecule has 3 aliphatic rings. The number of ether oxygens (including phenoxy) is 1. The fraction of sp³-hybridized carbons (Fsp3) is 0.364. The molecule has 33 heavy (non-hydrogen) atoms. The molecular weight excluding hydrogens is 436 g/mol. The summed E-state index contributed by atoms with van der Waals surface area (Å²) in [7, 11) is 2.53. The van der Waals surface area contributed by atoms with Gasteiger partial charge in [-0.25, -0.2) is 0 Å². The molecule has 5 atom stereocenters. The number of hydrogen-bond acceptors (Lipinski definition) is 10. The number of nitrogens with two attached hydrogens (primary N) is 1. The number of nitrogens with one attached hydrogen (secondary N) is 1. The molecule has 0 saturated carbocycles. The molecule has 1 aromatic carbocycles. The molecule has 0 spiro atoms. The van der Waals surface area contributed by atoms with Crippen molar-refractivity contribution in [3.8, 4) is 5.75 Å². The van der Waals surface area contributed by atoms with Gasteiger partial charge in [0.2, 0.25) is 5.78 Å². The zero-order valence-electron chi connectivity index (χ0n) is 17.7. The number of hydrogen-bond donors (Lipinski definition) is 6. The molecule has 174 valence electrons. The van der Waals surface area contributed by atoms with Crippen LogP contribution in [0.4, 0.5) is 0 Å². The number of phenols is 1. The SMILES string of the molecule is CN[C@@H]1C(O)=C(C(N)=O)C(=O)[C@@]2(O)C(O)=C3C(=O)c4c(O)cccc4[C@@H](C(=O)OC)[C@H]3C[C@@H]12. The normalized spacial score (nSPS) is 31.0.